The number of carbonyl (C=O) groups is 2. The van der Waals surface area contributed by atoms with Gasteiger partial charge in [-0.25, -0.2) is 9.59 Å². The van der Waals surface area contributed by atoms with Crippen molar-refractivity contribution in [2.24, 2.45) is 0 Å². The molecule has 0 fully saturated rings. The predicted octanol–water partition coefficient (Wildman–Crippen LogP) is 2.16. The summed E-state index contributed by atoms with van der Waals surface area (Å²) in [5.74, 6) is -0.979. The fraction of sp³-hybridized carbons (Fsp3) is 0.250. The lowest BCUT2D eigenvalue weighted by Crippen LogP contribution is -2.14. The summed E-state index contributed by atoms with van der Waals surface area (Å²) < 4.78 is 38.6. The zero-order valence-electron chi connectivity index (χ0n) is 13.5. The number of esters is 2. The third-order valence-corrected chi connectivity index (χ3v) is 3.16. The van der Waals surface area contributed by atoms with Crippen molar-refractivity contribution in [2.45, 2.75) is 18.7 Å². The first-order valence-electron chi connectivity index (χ1n) is 6.73. The quantitative estimate of drug-likeness (QED) is 0.360. The standard InChI is InChI=1S/C10H14O4.C6H6O3S/c1-7(2)9(11)13-5-6-14-10(12)8(3)4;7-10(8,9)6-4-2-1-3-5-6/h1,3,5-6H2,2,4H3;1-5H,(H,7,8,9). The minimum Gasteiger partial charge on any atom is -0.459 e. The van der Waals surface area contributed by atoms with Gasteiger partial charge in [-0.3, -0.25) is 4.55 Å². The van der Waals surface area contributed by atoms with E-state index in [1.165, 1.54) is 12.1 Å². The van der Waals surface area contributed by atoms with Crippen LogP contribution in [0.3, 0.4) is 0 Å². The Labute approximate surface area is 141 Å². The Morgan fingerprint density at radius 3 is 1.58 bits per heavy atom. The molecule has 0 heterocycles. The maximum atomic E-state index is 10.8. The van der Waals surface area contributed by atoms with Crippen LogP contribution in [0.15, 0.2) is 59.5 Å². The van der Waals surface area contributed by atoms with Gasteiger partial charge in [-0.2, -0.15) is 8.42 Å². The number of hydrogen-bond donors (Lipinski definition) is 1. The fourth-order valence-electron chi connectivity index (χ4n) is 1.11. The summed E-state index contributed by atoms with van der Waals surface area (Å²) in [6.45, 7) is 9.95. The minimum absolute atomic E-state index is 0.0325. The van der Waals surface area contributed by atoms with Crippen molar-refractivity contribution in [3.63, 3.8) is 0 Å². The SMILES string of the molecule is C=C(C)C(=O)OCCOC(=O)C(=C)C.O=S(=O)(O)c1ccccc1. The van der Waals surface area contributed by atoms with Crippen LogP contribution in [-0.2, 0) is 29.2 Å². The molecule has 0 bridgehead atoms. The summed E-state index contributed by atoms with van der Waals surface area (Å²) in [5.41, 5.74) is 0.632. The maximum Gasteiger partial charge on any atom is 0.333 e. The summed E-state index contributed by atoms with van der Waals surface area (Å²) in [7, 11) is -4.00. The zero-order valence-corrected chi connectivity index (χ0v) is 14.3. The molecule has 132 valence electrons. The molecule has 1 aromatic carbocycles. The van der Waals surface area contributed by atoms with Crippen LogP contribution in [0.25, 0.3) is 0 Å². The molecule has 0 aliphatic rings. The molecule has 0 unspecified atom stereocenters. The van der Waals surface area contributed by atoms with Gasteiger partial charge >= 0.3 is 11.9 Å². The first-order valence-corrected chi connectivity index (χ1v) is 8.17. The zero-order chi connectivity index (χ0) is 18.8. The van der Waals surface area contributed by atoms with Crippen LogP contribution >= 0.6 is 0 Å². The van der Waals surface area contributed by atoms with Gasteiger partial charge in [-0.05, 0) is 26.0 Å². The van der Waals surface area contributed by atoms with Gasteiger partial charge in [0.1, 0.15) is 13.2 Å². The summed E-state index contributed by atoms with van der Waals surface area (Å²) >= 11 is 0. The van der Waals surface area contributed by atoms with Gasteiger partial charge < -0.3 is 9.47 Å². The Hall–Kier alpha value is -2.45. The first-order chi connectivity index (χ1) is 11.1. The van der Waals surface area contributed by atoms with Crippen LogP contribution in [0.4, 0.5) is 0 Å². The highest BCUT2D eigenvalue weighted by molar-refractivity contribution is 7.85. The molecule has 0 saturated heterocycles. The lowest BCUT2D eigenvalue weighted by molar-refractivity contribution is -0.147. The molecule has 0 aliphatic heterocycles. The average molecular weight is 356 g/mol. The highest BCUT2D eigenvalue weighted by atomic mass is 32.2. The van der Waals surface area contributed by atoms with E-state index in [1.807, 2.05) is 0 Å². The van der Waals surface area contributed by atoms with E-state index in [-0.39, 0.29) is 18.1 Å². The Kier molecular flexibility index (Phi) is 9.29. The van der Waals surface area contributed by atoms with E-state index >= 15 is 0 Å². The van der Waals surface area contributed by atoms with Gasteiger partial charge in [0.2, 0.25) is 0 Å². The normalized spacial score (nSPS) is 9.96. The summed E-state index contributed by atoms with van der Waals surface area (Å²) in [6.07, 6.45) is 0. The molecule has 1 N–H and O–H groups in total. The number of hydrogen-bond acceptors (Lipinski definition) is 6. The molecule has 0 spiro atoms. The third kappa shape index (κ3) is 9.54. The lowest BCUT2D eigenvalue weighted by atomic mass is 10.4. The average Bonchev–Trinajstić information content (AvgIpc) is 2.51. The highest BCUT2D eigenvalue weighted by Gasteiger charge is 2.06. The Balaban J connectivity index is 0.000000463. The van der Waals surface area contributed by atoms with E-state index in [4.69, 9.17) is 4.55 Å². The molecule has 8 heteroatoms. The van der Waals surface area contributed by atoms with Crippen LogP contribution in [0, 0.1) is 0 Å². The van der Waals surface area contributed by atoms with Crippen molar-refractivity contribution in [3.05, 3.63) is 54.6 Å². The predicted molar refractivity (Wildman–Crippen MR) is 87.8 cm³/mol. The topological polar surface area (TPSA) is 107 Å². The van der Waals surface area contributed by atoms with Crippen molar-refractivity contribution in [1.29, 1.82) is 0 Å². The van der Waals surface area contributed by atoms with E-state index in [2.05, 4.69) is 22.6 Å². The molecule has 1 rings (SSSR count). The van der Waals surface area contributed by atoms with E-state index < -0.39 is 22.1 Å². The smallest absolute Gasteiger partial charge is 0.333 e. The lowest BCUT2D eigenvalue weighted by Gasteiger charge is -2.05. The molecule has 0 saturated carbocycles. The summed E-state index contributed by atoms with van der Waals surface area (Å²) in [6, 6.07) is 7.42. The molecule has 0 atom stereocenters. The molecular formula is C16H20O7S. The van der Waals surface area contributed by atoms with Crippen LogP contribution in [0.5, 0.6) is 0 Å². The highest BCUT2D eigenvalue weighted by Crippen LogP contribution is 2.05. The molecule has 24 heavy (non-hydrogen) atoms. The fourth-order valence-corrected chi connectivity index (χ4v) is 1.61. The van der Waals surface area contributed by atoms with Gasteiger partial charge in [-0.15, -0.1) is 0 Å². The van der Waals surface area contributed by atoms with Crippen molar-refractivity contribution >= 4 is 22.1 Å². The van der Waals surface area contributed by atoms with Crippen molar-refractivity contribution < 1.29 is 32.0 Å². The second-order valence-electron chi connectivity index (χ2n) is 4.62. The Bertz CT molecular complexity index is 662. The minimum atomic E-state index is -4.00. The Morgan fingerprint density at radius 2 is 1.33 bits per heavy atom. The van der Waals surface area contributed by atoms with E-state index in [0.29, 0.717) is 11.1 Å². The molecule has 0 amide bonds. The van der Waals surface area contributed by atoms with Gasteiger partial charge in [0.25, 0.3) is 10.1 Å². The van der Waals surface area contributed by atoms with Crippen molar-refractivity contribution in [1.82, 2.24) is 0 Å². The summed E-state index contributed by atoms with van der Waals surface area (Å²) in [4.78, 5) is 21.6. The number of rotatable bonds is 6. The first kappa shape index (κ1) is 21.6. The number of carbonyl (C=O) groups excluding carboxylic acids is 2. The van der Waals surface area contributed by atoms with E-state index in [1.54, 1.807) is 32.0 Å². The molecular weight excluding hydrogens is 336 g/mol. The summed E-state index contributed by atoms with van der Waals surface area (Å²) in [5, 5.41) is 0. The number of ether oxygens (including phenoxy) is 2. The van der Waals surface area contributed by atoms with Crippen LogP contribution in [0.2, 0.25) is 0 Å². The van der Waals surface area contributed by atoms with E-state index in [9.17, 15) is 18.0 Å². The van der Waals surface area contributed by atoms with Gasteiger partial charge in [-0.1, -0.05) is 31.4 Å². The Morgan fingerprint density at radius 1 is 0.958 bits per heavy atom. The van der Waals surface area contributed by atoms with Gasteiger partial charge in [0.15, 0.2) is 0 Å². The molecule has 0 aromatic heterocycles. The van der Waals surface area contributed by atoms with Crippen LogP contribution in [0.1, 0.15) is 13.8 Å². The van der Waals surface area contributed by atoms with Crippen LogP contribution < -0.4 is 0 Å². The van der Waals surface area contributed by atoms with Crippen LogP contribution in [-0.4, -0.2) is 38.1 Å². The third-order valence-electron chi connectivity index (χ3n) is 2.29. The van der Waals surface area contributed by atoms with E-state index in [0.717, 1.165) is 0 Å². The molecule has 7 nitrogen and oxygen atoms in total. The van der Waals surface area contributed by atoms with Gasteiger partial charge in [0.05, 0.1) is 4.90 Å². The van der Waals surface area contributed by atoms with Crippen molar-refractivity contribution in [2.75, 3.05) is 13.2 Å². The monoisotopic (exact) mass is 356 g/mol. The van der Waals surface area contributed by atoms with Crippen molar-refractivity contribution in [3.8, 4) is 0 Å². The maximum absolute atomic E-state index is 10.8. The molecule has 0 aliphatic carbocycles. The molecule has 0 radical (unpaired) electrons. The van der Waals surface area contributed by atoms with Gasteiger partial charge in [0, 0.05) is 11.1 Å². The second-order valence-corrected chi connectivity index (χ2v) is 6.04. The molecule has 1 aromatic rings. The number of benzene rings is 1. The largest absolute Gasteiger partial charge is 0.459 e. The second kappa shape index (κ2) is 10.3.